The van der Waals surface area contributed by atoms with E-state index in [9.17, 15) is 10.1 Å². The van der Waals surface area contributed by atoms with Crippen molar-refractivity contribution in [3.8, 4) is 11.3 Å². The Morgan fingerprint density at radius 1 is 1.14 bits per heavy atom. The molecule has 8 nitrogen and oxygen atoms in total. The molecule has 0 amide bonds. The number of nitrogen functional groups attached to an aromatic ring is 1. The van der Waals surface area contributed by atoms with Crippen molar-refractivity contribution < 1.29 is 4.92 Å². The van der Waals surface area contributed by atoms with Crippen molar-refractivity contribution >= 4 is 17.0 Å². The highest BCUT2D eigenvalue weighted by Crippen LogP contribution is 2.29. The number of nitrogens with two attached hydrogens (primary N) is 1. The Morgan fingerprint density at radius 3 is 2.61 bits per heavy atom. The minimum absolute atomic E-state index is 0.0663. The van der Waals surface area contributed by atoms with Gasteiger partial charge >= 0.3 is 0 Å². The van der Waals surface area contributed by atoms with Gasteiger partial charge in [0.2, 0.25) is 0 Å². The molecule has 1 fully saturated rings. The van der Waals surface area contributed by atoms with Crippen LogP contribution in [-0.4, -0.2) is 56.8 Å². The molecule has 28 heavy (non-hydrogen) atoms. The SMILES string of the molecule is CCN1CCN(Cc2c(-c3cccc([N+](=O)[O-])c3)nc3ccc(N)cn23)CC1. The van der Waals surface area contributed by atoms with E-state index in [4.69, 9.17) is 10.7 Å². The number of rotatable bonds is 5. The maximum absolute atomic E-state index is 11.2. The van der Waals surface area contributed by atoms with Gasteiger partial charge < -0.3 is 15.0 Å². The highest BCUT2D eigenvalue weighted by Gasteiger charge is 2.21. The van der Waals surface area contributed by atoms with Crippen molar-refractivity contribution in [3.05, 3.63) is 58.4 Å². The largest absolute Gasteiger partial charge is 0.398 e. The van der Waals surface area contributed by atoms with Crippen molar-refractivity contribution in [2.24, 2.45) is 0 Å². The molecule has 0 saturated carbocycles. The van der Waals surface area contributed by atoms with Gasteiger partial charge in [0.05, 0.1) is 16.3 Å². The summed E-state index contributed by atoms with van der Waals surface area (Å²) in [6.45, 7) is 8.03. The molecule has 3 heterocycles. The van der Waals surface area contributed by atoms with E-state index in [1.807, 2.05) is 28.8 Å². The van der Waals surface area contributed by atoms with Crippen LogP contribution in [0.3, 0.4) is 0 Å². The summed E-state index contributed by atoms with van der Waals surface area (Å²) >= 11 is 0. The second-order valence-electron chi connectivity index (χ2n) is 7.12. The van der Waals surface area contributed by atoms with Crippen LogP contribution in [0, 0.1) is 10.1 Å². The maximum atomic E-state index is 11.2. The van der Waals surface area contributed by atoms with Crippen molar-refractivity contribution in [1.29, 1.82) is 0 Å². The van der Waals surface area contributed by atoms with E-state index in [1.165, 1.54) is 6.07 Å². The van der Waals surface area contributed by atoms with Crippen molar-refractivity contribution in [1.82, 2.24) is 19.2 Å². The summed E-state index contributed by atoms with van der Waals surface area (Å²) in [5, 5.41) is 11.2. The summed E-state index contributed by atoms with van der Waals surface area (Å²) in [5.74, 6) is 0. The summed E-state index contributed by atoms with van der Waals surface area (Å²) in [6.07, 6.45) is 1.88. The van der Waals surface area contributed by atoms with E-state index in [0.717, 1.165) is 61.9 Å². The monoisotopic (exact) mass is 380 g/mol. The van der Waals surface area contributed by atoms with Crippen LogP contribution < -0.4 is 5.73 Å². The van der Waals surface area contributed by atoms with Gasteiger partial charge in [-0.3, -0.25) is 15.0 Å². The number of hydrogen-bond acceptors (Lipinski definition) is 6. The Kier molecular flexibility index (Phi) is 4.97. The zero-order chi connectivity index (χ0) is 19.7. The predicted molar refractivity (Wildman–Crippen MR) is 109 cm³/mol. The number of piperazine rings is 1. The summed E-state index contributed by atoms with van der Waals surface area (Å²) in [4.78, 5) is 20.4. The molecule has 2 aromatic heterocycles. The first-order chi connectivity index (χ1) is 13.5. The summed E-state index contributed by atoms with van der Waals surface area (Å²) in [5.41, 5.74) is 10.1. The second kappa shape index (κ2) is 7.57. The van der Waals surface area contributed by atoms with Crippen molar-refractivity contribution in [2.75, 3.05) is 38.5 Å². The molecule has 1 saturated heterocycles. The third kappa shape index (κ3) is 3.56. The molecular formula is C20H24N6O2. The third-order valence-electron chi connectivity index (χ3n) is 5.36. The van der Waals surface area contributed by atoms with Crippen molar-refractivity contribution in [3.63, 3.8) is 0 Å². The van der Waals surface area contributed by atoms with Gasteiger partial charge in [-0.25, -0.2) is 4.98 Å². The van der Waals surface area contributed by atoms with E-state index in [-0.39, 0.29) is 10.6 Å². The molecule has 2 N–H and O–H groups in total. The lowest BCUT2D eigenvalue weighted by molar-refractivity contribution is -0.384. The van der Waals surface area contributed by atoms with Gasteiger partial charge in [-0.1, -0.05) is 19.1 Å². The van der Waals surface area contributed by atoms with Crippen molar-refractivity contribution in [2.45, 2.75) is 13.5 Å². The number of nitro benzene ring substituents is 1. The number of non-ortho nitro benzene ring substituents is 1. The standard InChI is InChI=1S/C20H24N6O2/c1-2-23-8-10-24(11-9-23)14-18-20(15-4-3-5-17(12-15)26(27)28)22-19-7-6-16(21)13-25(18)19/h3-7,12-13H,2,8-11,14,21H2,1H3. The minimum Gasteiger partial charge on any atom is -0.398 e. The zero-order valence-corrected chi connectivity index (χ0v) is 15.9. The number of hydrogen-bond donors (Lipinski definition) is 1. The molecule has 0 radical (unpaired) electrons. The lowest BCUT2D eigenvalue weighted by Crippen LogP contribution is -2.45. The van der Waals surface area contributed by atoms with E-state index in [1.54, 1.807) is 12.1 Å². The normalized spacial score (nSPS) is 15.9. The molecule has 1 aromatic carbocycles. The number of fused-ring (bicyclic) bond motifs is 1. The number of pyridine rings is 1. The number of benzene rings is 1. The van der Waals surface area contributed by atoms with Gasteiger partial charge in [0.25, 0.3) is 5.69 Å². The van der Waals surface area contributed by atoms with Crippen LogP contribution in [0.4, 0.5) is 11.4 Å². The average molecular weight is 380 g/mol. The first-order valence-electron chi connectivity index (χ1n) is 9.51. The van der Waals surface area contributed by atoms with E-state index in [2.05, 4.69) is 16.7 Å². The number of nitro groups is 1. The molecule has 0 aliphatic carbocycles. The lowest BCUT2D eigenvalue weighted by Gasteiger charge is -2.34. The second-order valence-corrected chi connectivity index (χ2v) is 7.12. The first kappa shape index (κ1) is 18.4. The van der Waals surface area contributed by atoms with Crippen LogP contribution in [0.15, 0.2) is 42.6 Å². The Labute approximate surface area is 163 Å². The van der Waals surface area contributed by atoms with Crippen LogP contribution in [0.2, 0.25) is 0 Å². The molecule has 0 atom stereocenters. The molecular weight excluding hydrogens is 356 g/mol. The molecule has 3 aromatic rings. The Bertz CT molecular complexity index is 1010. The van der Waals surface area contributed by atoms with Gasteiger partial charge in [-0.05, 0) is 18.7 Å². The number of aromatic nitrogens is 2. The smallest absolute Gasteiger partial charge is 0.270 e. The fourth-order valence-corrected chi connectivity index (χ4v) is 3.73. The van der Waals surface area contributed by atoms with Gasteiger partial charge in [-0.2, -0.15) is 0 Å². The molecule has 1 aliphatic rings. The van der Waals surface area contributed by atoms with Crippen LogP contribution in [0.5, 0.6) is 0 Å². The molecule has 0 bridgehead atoms. The topological polar surface area (TPSA) is 92.9 Å². The van der Waals surface area contributed by atoms with Gasteiger partial charge in [0.1, 0.15) is 5.65 Å². The fraction of sp³-hybridized carbons (Fsp3) is 0.350. The van der Waals surface area contributed by atoms with Crippen LogP contribution in [0.1, 0.15) is 12.6 Å². The summed E-state index contributed by atoms with van der Waals surface area (Å²) in [6, 6.07) is 10.4. The van der Waals surface area contributed by atoms with Crippen LogP contribution in [0.25, 0.3) is 16.9 Å². The number of nitrogens with zero attached hydrogens (tertiary/aromatic N) is 5. The van der Waals surface area contributed by atoms with Gasteiger partial charge in [0, 0.05) is 62.3 Å². The zero-order valence-electron chi connectivity index (χ0n) is 15.9. The Morgan fingerprint density at radius 2 is 1.89 bits per heavy atom. The van der Waals surface area contributed by atoms with Gasteiger partial charge in [0.15, 0.2) is 0 Å². The number of likely N-dealkylation sites (N-methyl/N-ethyl adjacent to an activating group) is 1. The molecule has 0 spiro atoms. The van der Waals surface area contributed by atoms with Crippen LogP contribution in [-0.2, 0) is 6.54 Å². The Hall–Kier alpha value is -2.97. The van der Waals surface area contributed by atoms with E-state index in [0.29, 0.717) is 5.69 Å². The summed E-state index contributed by atoms with van der Waals surface area (Å²) in [7, 11) is 0. The Balaban J connectivity index is 1.75. The first-order valence-corrected chi connectivity index (χ1v) is 9.51. The van der Waals surface area contributed by atoms with E-state index >= 15 is 0 Å². The maximum Gasteiger partial charge on any atom is 0.270 e. The number of imidazole rings is 1. The molecule has 8 heteroatoms. The van der Waals surface area contributed by atoms with E-state index < -0.39 is 0 Å². The third-order valence-corrected chi connectivity index (χ3v) is 5.36. The number of anilines is 1. The highest BCUT2D eigenvalue weighted by molar-refractivity contribution is 5.69. The highest BCUT2D eigenvalue weighted by atomic mass is 16.6. The molecule has 1 aliphatic heterocycles. The lowest BCUT2D eigenvalue weighted by atomic mass is 10.1. The minimum atomic E-state index is -0.374. The summed E-state index contributed by atoms with van der Waals surface area (Å²) < 4.78 is 2.01. The van der Waals surface area contributed by atoms with Gasteiger partial charge in [-0.15, -0.1) is 0 Å². The quantitative estimate of drug-likeness (QED) is 0.540. The molecule has 146 valence electrons. The fourth-order valence-electron chi connectivity index (χ4n) is 3.73. The average Bonchev–Trinajstić information content (AvgIpc) is 3.06. The molecule has 0 unspecified atom stereocenters. The molecule has 4 rings (SSSR count). The van der Waals surface area contributed by atoms with Crippen LogP contribution >= 0.6 is 0 Å². The predicted octanol–water partition coefficient (Wildman–Crippen LogP) is 2.63.